The van der Waals surface area contributed by atoms with E-state index in [0.717, 1.165) is 0 Å². The first-order chi connectivity index (χ1) is 13.1. The third kappa shape index (κ3) is 4.79. The summed E-state index contributed by atoms with van der Waals surface area (Å²) in [6, 6.07) is 15.1. The molecule has 0 heterocycles. The van der Waals surface area contributed by atoms with E-state index in [1.54, 1.807) is 24.3 Å². The summed E-state index contributed by atoms with van der Waals surface area (Å²) in [5.74, 6) is -4.26. The van der Waals surface area contributed by atoms with Gasteiger partial charge in [0, 0.05) is 10.5 Å². The molecular formula is C21H22FNO5. The first-order valence-electron chi connectivity index (χ1n) is 8.74. The minimum absolute atomic E-state index is 0.0693. The molecule has 6 nitrogen and oxygen atoms in total. The summed E-state index contributed by atoms with van der Waals surface area (Å²) >= 11 is 0. The van der Waals surface area contributed by atoms with Crippen LogP contribution in [0.1, 0.15) is 42.6 Å². The van der Waals surface area contributed by atoms with E-state index in [4.69, 9.17) is 4.74 Å². The van der Waals surface area contributed by atoms with Gasteiger partial charge in [0.25, 0.3) is 5.67 Å². The number of benzene rings is 2. The Morgan fingerprint density at radius 2 is 1.54 bits per heavy atom. The van der Waals surface area contributed by atoms with Crippen LogP contribution in [-0.4, -0.2) is 34.5 Å². The standard InChI is InChI=1S/C21H22FNO5/c1-20(2,3)28-19(25)21(22,18(24)16-12-8-5-9-13-16)17(14-23(26)27)15-10-6-4-7-11-15/h4-13,17H,14H2,1-3H3/t17-,21-/m0/s1. The number of ether oxygens (including phenoxy) is 1. The van der Waals surface area contributed by atoms with Gasteiger partial charge in [-0.1, -0.05) is 60.7 Å². The molecule has 0 bridgehead atoms. The number of halogens is 1. The van der Waals surface area contributed by atoms with Gasteiger partial charge in [0.15, 0.2) is 0 Å². The molecule has 2 aromatic rings. The summed E-state index contributed by atoms with van der Waals surface area (Å²) in [4.78, 5) is 36.5. The number of Topliss-reactive ketones (excluding diaryl/α,β-unsaturated/α-hetero) is 1. The van der Waals surface area contributed by atoms with Crippen molar-refractivity contribution in [1.29, 1.82) is 0 Å². The largest absolute Gasteiger partial charge is 0.457 e. The van der Waals surface area contributed by atoms with Gasteiger partial charge in [0.1, 0.15) is 11.5 Å². The van der Waals surface area contributed by atoms with Crippen molar-refractivity contribution in [3.05, 3.63) is 81.9 Å². The monoisotopic (exact) mass is 387 g/mol. The van der Waals surface area contributed by atoms with Crippen LogP contribution in [0.5, 0.6) is 0 Å². The smallest absolute Gasteiger partial charge is 0.353 e. The number of carbonyl (C=O) groups is 2. The van der Waals surface area contributed by atoms with Gasteiger partial charge in [-0.05, 0) is 26.3 Å². The maximum absolute atomic E-state index is 16.4. The second kappa shape index (κ2) is 8.29. The lowest BCUT2D eigenvalue weighted by atomic mass is 9.78. The summed E-state index contributed by atoms with van der Waals surface area (Å²) in [5, 5.41) is 11.3. The molecule has 0 aliphatic rings. The molecule has 148 valence electrons. The number of hydrogen-bond donors (Lipinski definition) is 0. The van der Waals surface area contributed by atoms with Gasteiger partial charge in [0.05, 0.1) is 0 Å². The van der Waals surface area contributed by atoms with Crippen molar-refractivity contribution in [2.75, 3.05) is 6.54 Å². The predicted octanol–water partition coefficient (Wildman–Crippen LogP) is 3.98. The fourth-order valence-corrected chi connectivity index (χ4v) is 2.84. The van der Waals surface area contributed by atoms with Crippen LogP contribution in [-0.2, 0) is 9.53 Å². The molecule has 0 saturated heterocycles. The van der Waals surface area contributed by atoms with E-state index < -0.39 is 40.4 Å². The van der Waals surface area contributed by atoms with Crippen molar-refractivity contribution in [2.45, 2.75) is 38.0 Å². The Bertz CT molecular complexity index is 848. The van der Waals surface area contributed by atoms with E-state index in [1.165, 1.54) is 57.2 Å². The highest BCUT2D eigenvalue weighted by atomic mass is 19.1. The molecule has 7 heteroatoms. The maximum atomic E-state index is 16.4. The minimum Gasteiger partial charge on any atom is -0.457 e. The number of esters is 1. The van der Waals surface area contributed by atoms with Gasteiger partial charge in [-0.2, -0.15) is 0 Å². The minimum atomic E-state index is -3.26. The van der Waals surface area contributed by atoms with E-state index >= 15 is 4.39 Å². The lowest BCUT2D eigenvalue weighted by molar-refractivity contribution is -0.485. The number of hydrogen-bond acceptors (Lipinski definition) is 5. The highest BCUT2D eigenvalue weighted by Crippen LogP contribution is 2.37. The summed E-state index contributed by atoms with van der Waals surface area (Å²) < 4.78 is 21.5. The summed E-state index contributed by atoms with van der Waals surface area (Å²) in [7, 11) is 0. The summed E-state index contributed by atoms with van der Waals surface area (Å²) in [6.07, 6.45) is 0. The van der Waals surface area contributed by atoms with E-state index in [2.05, 4.69) is 0 Å². The number of nitro groups is 1. The van der Waals surface area contributed by atoms with Gasteiger partial charge in [-0.15, -0.1) is 0 Å². The van der Waals surface area contributed by atoms with Crippen LogP contribution >= 0.6 is 0 Å². The summed E-state index contributed by atoms with van der Waals surface area (Å²) in [6.45, 7) is 3.65. The highest BCUT2D eigenvalue weighted by molar-refractivity contribution is 6.16. The van der Waals surface area contributed by atoms with Crippen molar-refractivity contribution >= 4 is 11.8 Å². The van der Waals surface area contributed by atoms with Crippen LogP contribution in [0.15, 0.2) is 60.7 Å². The van der Waals surface area contributed by atoms with E-state index in [1.807, 2.05) is 0 Å². The Hall–Kier alpha value is -3.09. The fourth-order valence-electron chi connectivity index (χ4n) is 2.84. The Morgan fingerprint density at radius 1 is 1.04 bits per heavy atom. The molecule has 0 N–H and O–H groups in total. The second-order valence-corrected chi connectivity index (χ2v) is 7.39. The molecule has 0 fully saturated rings. The lowest BCUT2D eigenvalue weighted by Gasteiger charge is -2.31. The summed E-state index contributed by atoms with van der Waals surface area (Å²) in [5.41, 5.74) is -4.25. The SMILES string of the molecule is CC(C)(C)OC(=O)[C@@](F)(C(=O)c1ccccc1)[C@@H](C[N+](=O)[O-])c1ccccc1. The van der Waals surface area contributed by atoms with Crippen molar-refractivity contribution in [3.8, 4) is 0 Å². The molecule has 2 aromatic carbocycles. The van der Waals surface area contributed by atoms with Crippen LogP contribution in [0.2, 0.25) is 0 Å². The Morgan fingerprint density at radius 3 is 2.00 bits per heavy atom. The zero-order chi connectivity index (χ0) is 20.9. The first kappa shape index (κ1) is 21.2. The average molecular weight is 387 g/mol. The maximum Gasteiger partial charge on any atom is 0.353 e. The second-order valence-electron chi connectivity index (χ2n) is 7.39. The molecule has 0 aliphatic carbocycles. The third-order valence-electron chi connectivity index (χ3n) is 4.08. The lowest BCUT2D eigenvalue weighted by Crippen LogP contribution is -2.52. The Labute approximate surface area is 162 Å². The fraction of sp³-hybridized carbons (Fsp3) is 0.333. The number of alkyl halides is 1. The van der Waals surface area contributed by atoms with Gasteiger partial charge in [-0.3, -0.25) is 14.9 Å². The normalized spacial score (nSPS) is 14.6. The zero-order valence-corrected chi connectivity index (χ0v) is 15.9. The molecule has 2 atom stereocenters. The number of nitrogens with zero attached hydrogens (tertiary/aromatic N) is 1. The topological polar surface area (TPSA) is 86.5 Å². The van der Waals surface area contributed by atoms with Crippen molar-refractivity contribution < 1.29 is 23.6 Å². The Balaban J connectivity index is 2.65. The number of rotatable bonds is 7. The zero-order valence-electron chi connectivity index (χ0n) is 15.9. The van der Waals surface area contributed by atoms with Gasteiger partial charge in [0.2, 0.25) is 12.3 Å². The quantitative estimate of drug-likeness (QED) is 0.236. The van der Waals surface area contributed by atoms with Crippen LogP contribution < -0.4 is 0 Å². The van der Waals surface area contributed by atoms with Gasteiger partial charge in [-0.25, -0.2) is 9.18 Å². The number of carbonyl (C=O) groups excluding carboxylic acids is 2. The van der Waals surface area contributed by atoms with Gasteiger partial charge < -0.3 is 4.74 Å². The highest BCUT2D eigenvalue weighted by Gasteiger charge is 2.58. The first-order valence-corrected chi connectivity index (χ1v) is 8.74. The van der Waals surface area contributed by atoms with E-state index in [0.29, 0.717) is 0 Å². The molecule has 0 radical (unpaired) electrons. The third-order valence-corrected chi connectivity index (χ3v) is 4.08. The molecule has 28 heavy (non-hydrogen) atoms. The number of ketones is 1. The van der Waals surface area contributed by atoms with Crippen molar-refractivity contribution in [2.24, 2.45) is 0 Å². The van der Waals surface area contributed by atoms with Gasteiger partial charge >= 0.3 is 5.97 Å². The molecule has 0 aromatic heterocycles. The van der Waals surface area contributed by atoms with Crippen LogP contribution in [0.25, 0.3) is 0 Å². The molecule has 2 rings (SSSR count). The average Bonchev–Trinajstić information content (AvgIpc) is 2.64. The Kier molecular flexibility index (Phi) is 6.28. The molecular weight excluding hydrogens is 365 g/mol. The van der Waals surface area contributed by atoms with Crippen LogP contribution in [0.4, 0.5) is 4.39 Å². The van der Waals surface area contributed by atoms with Crippen LogP contribution in [0.3, 0.4) is 0 Å². The predicted molar refractivity (Wildman–Crippen MR) is 102 cm³/mol. The van der Waals surface area contributed by atoms with E-state index in [-0.39, 0.29) is 11.1 Å². The molecule has 0 unspecified atom stereocenters. The molecule has 0 saturated carbocycles. The molecule has 0 aliphatic heterocycles. The van der Waals surface area contributed by atoms with Crippen LogP contribution in [0, 0.1) is 10.1 Å². The molecule has 0 spiro atoms. The van der Waals surface area contributed by atoms with Crippen molar-refractivity contribution in [3.63, 3.8) is 0 Å². The molecule has 0 amide bonds. The van der Waals surface area contributed by atoms with E-state index in [9.17, 15) is 19.7 Å². The van der Waals surface area contributed by atoms with Crippen molar-refractivity contribution in [1.82, 2.24) is 0 Å².